The molecular formula is C14H15ClN2O2S. The molecule has 0 aliphatic heterocycles. The molecule has 20 heavy (non-hydrogen) atoms. The van der Waals surface area contributed by atoms with Gasteiger partial charge in [-0.15, -0.1) is 0 Å². The molecule has 1 aromatic heterocycles. The molecule has 0 N–H and O–H groups in total. The zero-order chi connectivity index (χ0) is 14.7. The average molecular weight is 311 g/mol. The van der Waals surface area contributed by atoms with Gasteiger partial charge in [0.1, 0.15) is 4.88 Å². The van der Waals surface area contributed by atoms with Crippen LogP contribution in [0.5, 0.6) is 0 Å². The monoisotopic (exact) mass is 310 g/mol. The molecule has 2 aromatic rings. The predicted molar refractivity (Wildman–Crippen MR) is 81.7 cm³/mol. The van der Waals surface area contributed by atoms with Gasteiger partial charge in [0.15, 0.2) is 5.13 Å². The summed E-state index contributed by atoms with van der Waals surface area (Å²) in [5, 5.41) is 1.51. The van der Waals surface area contributed by atoms with Crippen LogP contribution in [0.4, 0.5) is 5.13 Å². The maximum atomic E-state index is 11.6. The van der Waals surface area contributed by atoms with E-state index in [2.05, 4.69) is 4.98 Å². The lowest BCUT2D eigenvalue weighted by Gasteiger charge is -2.15. The smallest absolute Gasteiger partial charge is 0.350 e. The summed E-state index contributed by atoms with van der Waals surface area (Å²) >= 11 is 7.20. The minimum Gasteiger partial charge on any atom is -0.465 e. The van der Waals surface area contributed by atoms with E-state index in [-0.39, 0.29) is 5.97 Å². The molecule has 106 valence electrons. The van der Waals surface area contributed by atoms with E-state index in [1.54, 1.807) is 0 Å². The van der Waals surface area contributed by atoms with Crippen LogP contribution >= 0.6 is 22.9 Å². The molecule has 0 aliphatic carbocycles. The number of aryl methyl sites for hydroxylation is 1. The zero-order valence-electron chi connectivity index (χ0n) is 11.5. The minimum atomic E-state index is -0.342. The van der Waals surface area contributed by atoms with Crippen LogP contribution in [0.15, 0.2) is 24.3 Å². The highest BCUT2D eigenvalue weighted by Crippen LogP contribution is 2.27. The fourth-order valence-electron chi connectivity index (χ4n) is 1.76. The van der Waals surface area contributed by atoms with Crippen LogP contribution < -0.4 is 4.90 Å². The lowest BCUT2D eigenvalue weighted by molar-refractivity contribution is 0.0605. The van der Waals surface area contributed by atoms with Crippen LogP contribution in [0.25, 0.3) is 0 Å². The molecule has 0 saturated carbocycles. The van der Waals surface area contributed by atoms with Crippen molar-refractivity contribution in [2.75, 3.05) is 19.1 Å². The number of ether oxygens (including phenoxy) is 1. The molecule has 0 amide bonds. The van der Waals surface area contributed by atoms with Crippen LogP contribution in [-0.4, -0.2) is 25.1 Å². The Morgan fingerprint density at radius 3 is 2.65 bits per heavy atom. The highest BCUT2D eigenvalue weighted by Gasteiger charge is 2.17. The molecule has 0 bridgehead atoms. The van der Waals surface area contributed by atoms with Crippen molar-refractivity contribution in [3.05, 3.63) is 45.4 Å². The quantitative estimate of drug-likeness (QED) is 0.810. The summed E-state index contributed by atoms with van der Waals surface area (Å²) in [6.45, 7) is 2.51. The first-order chi connectivity index (χ1) is 9.51. The Balaban J connectivity index is 2.15. The third-order valence-electron chi connectivity index (χ3n) is 2.82. The van der Waals surface area contributed by atoms with E-state index in [4.69, 9.17) is 16.3 Å². The second-order valence-corrected chi connectivity index (χ2v) is 5.80. The summed E-state index contributed by atoms with van der Waals surface area (Å²) in [7, 11) is 3.31. The number of hydrogen-bond acceptors (Lipinski definition) is 5. The van der Waals surface area contributed by atoms with Crippen LogP contribution in [-0.2, 0) is 11.3 Å². The fraction of sp³-hybridized carbons (Fsp3) is 0.286. The van der Waals surface area contributed by atoms with Crippen LogP contribution in [0.3, 0.4) is 0 Å². The number of thiazole rings is 1. The number of rotatable bonds is 4. The van der Waals surface area contributed by atoms with E-state index < -0.39 is 0 Å². The summed E-state index contributed by atoms with van der Waals surface area (Å²) < 4.78 is 4.74. The molecule has 4 nitrogen and oxygen atoms in total. The van der Waals surface area contributed by atoms with Crippen LogP contribution in [0.1, 0.15) is 20.9 Å². The highest BCUT2D eigenvalue weighted by atomic mass is 35.5. The molecule has 0 aliphatic rings. The van der Waals surface area contributed by atoms with E-state index in [1.165, 1.54) is 18.4 Å². The predicted octanol–water partition coefficient (Wildman–Crippen LogP) is 3.53. The lowest BCUT2D eigenvalue weighted by atomic mass is 10.2. The fourth-order valence-corrected chi connectivity index (χ4v) is 2.83. The van der Waals surface area contributed by atoms with Gasteiger partial charge in [0.05, 0.1) is 12.8 Å². The summed E-state index contributed by atoms with van der Waals surface area (Å²) in [6.07, 6.45) is 0. The Morgan fingerprint density at radius 1 is 1.40 bits per heavy atom. The molecular weight excluding hydrogens is 296 g/mol. The average Bonchev–Trinajstić information content (AvgIpc) is 2.82. The lowest BCUT2D eigenvalue weighted by Crippen LogP contribution is -2.15. The van der Waals surface area contributed by atoms with Gasteiger partial charge in [-0.3, -0.25) is 0 Å². The number of esters is 1. The third-order valence-corrected chi connectivity index (χ3v) is 4.32. The van der Waals surface area contributed by atoms with Crippen molar-refractivity contribution in [1.82, 2.24) is 4.98 Å². The topological polar surface area (TPSA) is 42.4 Å². The molecule has 2 rings (SSSR count). The molecule has 0 radical (unpaired) electrons. The third kappa shape index (κ3) is 3.29. The van der Waals surface area contributed by atoms with Crippen molar-refractivity contribution in [2.45, 2.75) is 13.5 Å². The normalized spacial score (nSPS) is 10.4. The van der Waals surface area contributed by atoms with E-state index in [1.807, 2.05) is 43.1 Å². The van der Waals surface area contributed by atoms with Gasteiger partial charge in [0.2, 0.25) is 0 Å². The van der Waals surface area contributed by atoms with Crippen molar-refractivity contribution in [1.29, 1.82) is 0 Å². The van der Waals surface area contributed by atoms with Gasteiger partial charge in [-0.25, -0.2) is 9.78 Å². The number of methoxy groups -OCH3 is 1. The van der Waals surface area contributed by atoms with E-state index >= 15 is 0 Å². The van der Waals surface area contributed by atoms with Gasteiger partial charge in [-0.1, -0.05) is 35.1 Å². The first-order valence-electron chi connectivity index (χ1n) is 6.02. The number of benzene rings is 1. The molecule has 6 heteroatoms. The SMILES string of the molecule is COC(=O)c1sc(N(C)Cc2ccc(Cl)cc2)nc1C. The number of carbonyl (C=O) groups excluding carboxylic acids is 1. The van der Waals surface area contributed by atoms with Crippen molar-refractivity contribution in [3.8, 4) is 0 Å². The number of halogens is 1. The first-order valence-corrected chi connectivity index (χ1v) is 7.22. The van der Waals surface area contributed by atoms with Crippen molar-refractivity contribution >= 4 is 34.0 Å². The van der Waals surface area contributed by atoms with Gasteiger partial charge in [-0.05, 0) is 24.6 Å². The van der Waals surface area contributed by atoms with Gasteiger partial charge in [0, 0.05) is 18.6 Å². The van der Waals surface area contributed by atoms with Gasteiger partial charge in [0.25, 0.3) is 0 Å². The number of nitrogens with zero attached hydrogens (tertiary/aromatic N) is 2. The Kier molecular flexibility index (Phi) is 4.62. The molecule has 0 saturated heterocycles. The Hall–Kier alpha value is -1.59. The number of carbonyl (C=O) groups is 1. The summed E-state index contributed by atoms with van der Waals surface area (Å²) in [5.41, 5.74) is 1.82. The van der Waals surface area contributed by atoms with E-state index in [0.717, 1.165) is 15.7 Å². The van der Waals surface area contributed by atoms with E-state index in [9.17, 15) is 4.79 Å². The Morgan fingerprint density at radius 2 is 2.05 bits per heavy atom. The molecule has 0 spiro atoms. The second-order valence-electron chi connectivity index (χ2n) is 4.39. The second kappa shape index (κ2) is 6.24. The van der Waals surface area contributed by atoms with Gasteiger partial charge < -0.3 is 9.64 Å². The maximum Gasteiger partial charge on any atom is 0.350 e. The largest absolute Gasteiger partial charge is 0.465 e. The summed E-state index contributed by atoms with van der Waals surface area (Å²) in [4.78, 5) is 18.5. The molecule has 0 atom stereocenters. The molecule has 1 aromatic carbocycles. The van der Waals surface area contributed by atoms with E-state index in [0.29, 0.717) is 17.1 Å². The number of aromatic nitrogens is 1. The zero-order valence-corrected chi connectivity index (χ0v) is 13.1. The van der Waals surface area contributed by atoms with Crippen LogP contribution in [0, 0.1) is 6.92 Å². The van der Waals surface area contributed by atoms with Gasteiger partial charge >= 0.3 is 5.97 Å². The summed E-state index contributed by atoms with van der Waals surface area (Å²) in [5.74, 6) is -0.342. The highest BCUT2D eigenvalue weighted by molar-refractivity contribution is 7.17. The van der Waals surface area contributed by atoms with Crippen molar-refractivity contribution in [2.24, 2.45) is 0 Å². The Labute approximate surface area is 127 Å². The van der Waals surface area contributed by atoms with Gasteiger partial charge in [-0.2, -0.15) is 0 Å². The first kappa shape index (κ1) is 14.8. The number of anilines is 1. The summed E-state index contributed by atoms with van der Waals surface area (Å²) in [6, 6.07) is 7.66. The number of hydrogen-bond donors (Lipinski definition) is 0. The Bertz CT molecular complexity index is 610. The molecule has 1 heterocycles. The standard InChI is InChI=1S/C14H15ClN2O2S/c1-9-12(13(18)19-3)20-14(16-9)17(2)8-10-4-6-11(15)7-5-10/h4-7H,8H2,1-3H3. The van der Waals surface area contributed by atoms with Crippen molar-refractivity contribution in [3.63, 3.8) is 0 Å². The molecule has 0 unspecified atom stereocenters. The van der Waals surface area contributed by atoms with Crippen molar-refractivity contribution < 1.29 is 9.53 Å². The maximum absolute atomic E-state index is 11.6. The van der Waals surface area contributed by atoms with Crippen LogP contribution in [0.2, 0.25) is 5.02 Å². The molecule has 0 fully saturated rings. The minimum absolute atomic E-state index is 0.342.